The van der Waals surface area contributed by atoms with Gasteiger partial charge in [0, 0.05) is 0 Å². The minimum absolute atomic E-state index is 0.0419. The second kappa shape index (κ2) is 3.89. The molecule has 2 aliphatic carbocycles. The van der Waals surface area contributed by atoms with Crippen LogP contribution in [0.4, 0.5) is 0 Å². The fourth-order valence-corrected chi connectivity index (χ4v) is 3.68. The van der Waals surface area contributed by atoms with E-state index in [0.29, 0.717) is 5.41 Å². The van der Waals surface area contributed by atoms with E-state index in [0.717, 1.165) is 12.8 Å². The Bertz CT molecular complexity index is 375. The predicted octanol–water partition coefficient (Wildman–Crippen LogP) is 3.20. The van der Waals surface area contributed by atoms with Gasteiger partial charge in [-0.25, -0.2) is 0 Å². The molecule has 1 fully saturated rings. The van der Waals surface area contributed by atoms with E-state index < -0.39 is 0 Å². The topological polar surface area (TPSA) is 20.2 Å². The van der Waals surface area contributed by atoms with E-state index in [1.54, 1.807) is 11.1 Å². The zero-order chi connectivity index (χ0) is 11.0. The Kier molecular flexibility index (Phi) is 2.51. The summed E-state index contributed by atoms with van der Waals surface area (Å²) in [5, 5.41) is 9.67. The highest BCUT2D eigenvalue weighted by molar-refractivity contribution is 5.37. The summed E-state index contributed by atoms with van der Waals surface area (Å²) in [6, 6.07) is 8.96. The van der Waals surface area contributed by atoms with Crippen LogP contribution in [-0.4, -0.2) is 11.2 Å². The Labute approximate surface area is 97.5 Å². The Morgan fingerprint density at radius 2 is 1.81 bits per heavy atom. The van der Waals surface area contributed by atoms with E-state index in [-0.39, 0.29) is 6.10 Å². The van der Waals surface area contributed by atoms with E-state index >= 15 is 0 Å². The number of rotatable bonds is 0. The molecule has 0 unspecified atom stereocenters. The Hall–Kier alpha value is -0.820. The SMILES string of the molecule is OC1CCC2(CCCc3ccccc32)CC1. The van der Waals surface area contributed by atoms with E-state index in [1.807, 2.05) is 0 Å². The van der Waals surface area contributed by atoms with Crippen molar-refractivity contribution in [1.82, 2.24) is 0 Å². The third kappa shape index (κ3) is 1.58. The molecular formula is C15H20O. The van der Waals surface area contributed by atoms with Crippen molar-refractivity contribution in [3.8, 4) is 0 Å². The lowest BCUT2D eigenvalue weighted by Crippen LogP contribution is -2.36. The van der Waals surface area contributed by atoms with Crippen LogP contribution >= 0.6 is 0 Å². The number of aryl methyl sites for hydroxylation is 1. The first-order valence-electron chi connectivity index (χ1n) is 6.57. The molecule has 0 heterocycles. The third-order valence-corrected chi connectivity index (χ3v) is 4.60. The molecule has 0 radical (unpaired) electrons. The fraction of sp³-hybridized carbons (Fsp3) is 0.600. The summed E-state index contributed by atoms with van der Waals surface area (Å²) in [6.45, 7) is 0. The van der Waals surface area contributed by atoms with Gasteiger partial charge in [-0.3, -0.25) is 0 Å². The quantitative estimate of drug-likeness (QED) is 0.706. The summed E-state index contributed by atoms with van der Waals surface area (Å²) in [6.07, 6.45) is 8.23. The highest BCUT2D eigenvalue weighted by Crippen LogP contribution is 2.47. The number of aliphatic hydroxyl groups is 1. The first-order valence-corrected chi connectivity index (χ1v) is 6.57. The zero-order valence-corrected chi connectivity index (χ0v) is 9.78. The Balaban J connectivity index is 1.97. The van der Waals surface area contributed by atoms with Crippen molar-refractivity contribution in [2.45, 2.75) is 56.5 Å². The van der Waals surface area contributed by atoms with Crippen molar-refractivity contribution < 1.29 is 5.11 Å². The fourth-order valence-electron chi connectivity index (χ4n) is 3.68. The van der Waals surface area contributed by atoms with Crippen molar-refractivity contribution in [1.29, 1.82) is 0 Å². The van der Waals surface area contributed by atoms with Gasteiger partial charge in [0.15, 0.2) is 0 Å². The van der Waals surface area contributed by atoms with Gasteiger partial charge >= 0.3 is 0 Å². The molecule has 2 aliphatic rings. The van der Waals surface area contributed by atoms with Crippen LogP contribution in [0.2, 0.25) is 0 Å². The second-order valence-electron chi connectivity index (χ2n) is 5.52. The lowest BCUT2D eigenvalue weighted by molar-refractivity contribution is 0.0888. The highest BCUT2D eigenvalue weighted by atomic mass is 16.3. The first-order chi connectivity index (χ1) is 7.80. The molecule has 0 aromatic heterocycles. The molecule has 1 aromatic rings. The molecular weight excluding hydrogens is 196 g/mol. The van der Waals surface area contributed by atoms with Crippen LogP contribution in [0, 0.1) is 0 Å². The van der Waals surface area contributed by atoms with Gasteiger partial charge in [-0.2, -0.15) is 0 Å². The summed E-state index contributed by atoms with van der Waals surface area (Å²) in [5.41, 5.74) is 3.56. The van der Waals surface area contributed by atoms with Crippen LogP contribution in [0.1, 0.15) is 49.7 Å². The van der Waals surface area contributed by atoms with Crippen LogP contribution < -0.4 is 0 Å². The smallest absolute Gasteiger partial charge is 0.0540 e. The molecule has 0 bridgehead atoms. The number of hydrogen-bond donors (Lipinski definition) is 1. The van der Waals surface area contributed by atoms with Gasteiger partial charge in [0.2, 0.25) is 0 Å². The molecule has 1 saturated carbocycles. The molecule has 1 aromatic carbocycles. The number of benzene rings is 1. The molecule has 16 heavy (non-hydrogen) atoms. The van der Waals surface area contributed by atoms with E-state index in [1.165, 1.54) is 32.1 Å². The molecule has 1 nitrogen and oxygen atoms in total. The minimum atomic E-state index is -0.0419. The number of aliphatic hydroxyl groups excluding tert-OH is 1. The van der Waals surface area contributed by atoms with Crippen LogP contribution in [0.3, 0.4) is 0 Å². The molecule has 1 N–H and O–H groups in total. The Morgan fingerprint density at radius 3 is 2.62 bits per heavy atom. The van der Waals surface area contributed by atoms with Crippen LogP contribution in [0.5, 0.6) is 0 Å². The maximum absolute atomic E-state index is 9.67. The van der Waals surface area contributed by atoms with Gasteiger partial charge in [0.1, 0.15) is 0 Å². The summed E-state index contributed by atoms with van der Waals surface area (Å²) >= 11 is 0. The summed E-state index contributed by atoms with van der Waals surface area (Å²) in [5.74, 6) is 0. The van der Waals surface area contributed by atoms with Gasteiger partial charge in [-0.15, -0.1) is 0 Å². The summed E-state index contributed by atoms with van der Waals surface area (Å²) in [4.78, 5) is 0. The van der Waals surface area contributed by atoms with Crippen molar-refractivity contribution in [2.75, 3.05) is 0 Å². The molecule has 1 heteroatoms. The second-order valence-corrected chi connectivity index (χ2v) is 5.52. The largest absolute Gasteiger partial charge is 0.393 e. The standard InChI is InChI=1S/C15H20O/c16-13-7-10-15(11-8-13)9-3-5-12-4-1-2-6-14(12)15/h1-2,4,6,13,16H,3,5,7-11H2. The zero-order valence-electron chi connectivity index (χ0n) is 9.78. The molecule has 0 atom stereocenters. The molecule has 0 saturated heterocycles. The number of hydrogen-bond acceptors (Lipinski definition) is 1. The van der Waals surface area contributed by atoms with Crippen LogP contribution in [0.25, 0.3) is 0 Å². The van der Waals surface area contributed by atoms with Crippen molar-refractivity contribution in [2.24, 2.45) is 0 Å². The number of fused-ring (bicyclic) bond motifs is 2. The van der Waals surface area contributed by atoms with E-state index in [4.69, 9.17) is 0 Å². The van der Waals surface area contributed by atoms with Crippen molar-refractivity contribution in [3.63, 3.8) is 0 Å². The first kappa shape index (κ1) is 10.3. The maximum Gasteiger partial charge on any atom is 0.0540 e. The van der Waals surface area contributed by atoms with E-state index in [9.17, 15) is 5.11 Å². The van der Waals surface area contributed by atoms with E-state index in [2.05, 4.69) is 24.3 Å². The Morgan fingerprint density at radius 1 is 1.06 bits per heavy atom. The molecule has 86 valence electrons. The normalized spacial score (nSPS) is 33.7. The average molecular weight is 216 g/mol. The molecule has 3 rings (SSSR count). The maximum atomic E-state index is 9.67. The van der Waals surface area contributed by atoms with Crippen molar-refractivity contribution >= 4 is 0 Å². The third-order valence-electron chi connectivity index (χ3n) is 4.60. The van der Waals surface area contributed by atoms with Gasteiger partial charge in [0.05, 0.1) is 6.10 Å². The summed E-state index contributed by atoms with van der Waals surface area (Å²) in [7, 11) is 0. The average Bonchev–Trinajstić information content (AvgIpc) is 2.34. The predicted molar refractivity (Wildman–Crippen MR) is 65.5 cm³/mol. The van der Waals surface area contributed by atoms with Crippen molar-refractivity contribution in [3.05, 3.63) is 35.4 Å². The van der Waals surface area contributed by atoms with Crippen LogP contribution in [0.15, 0.2) is 24.3 Å². The highest BCUT2D eigenvalue weighted by Gasteiger charge is 2.38. The lowest BCUT2D eigenvalue weighted by Gasteiger charge is -2.43. The molecule has 1 spiro atoms. The van der Waals surface area contributed by atoms with Crippen LogP contribution in [-0.2, 0) is 11.8 Å². The minimum Gasteiger partial charge on any atom is -0.393 e. The van der Waals surface area contributed by atoms with Gasteiger partial charge < -0.3 is 5.11 Å². The lowest BCUT2D eigenvalue weighted by atomic mass is 9.62. The van der Waals surface area contributed by atoms with Gasteiger partial charge in [-0.05, 0) is 61.5 Å². The monoisotopic (exact) mass is 216 g/mol. The van der Waals surface area contributed by atoms with Gasteiger partial charge in [-0.1, -0.05) is 24.3 Å². The summed E-state index contributed by atoms with van der Waals surface area (Å²) < 4.78 is 0. The van der Waals surface area contributed by atoms with Gasteiger partial charge in [0.25, 0.3) is 0 Å². The molecule has 0 aliphatic heterocycles. The molecule has 0 amide bonds.